The third-order valence-electron chi connectivity index (χ3n) is 3.19. The quantitative estimate of drug-likeness (QED) is 0.731. The first kappa shape index (κ1) is 16.4. The van der Waals surface area contributed by atoms with Gasteiger partial charge in [0, 0.05) is 11.6 Å². The molecule has 0 fully saturated rings. The molecule has 2 aromatic carbocycles. The first-order valence-corrected chi connectivity index (χ1v) is 6.69. The van der Waals surface area contributed by atoms with Gasteiger partial charge in [0.05, 0.1) is 26.9 Å². The summed E-state index contributed by atoms with van der Waals surface area (Å²) in [7, 11) is 4.44. The van der Waals surface area contributed by atoms with Crippen LogP contribution < -0.4 is 18.9 Å². The van der Waals surface area contributed by atoms with Crippen molar-refractivity contribution >= 4 is 12.6 Å². The Balaban J connectivity index is 2.50. The molecule has 0 saturated heterocycles. The highest BCUT2D eigenvalue weighted by molar-refractivity contribution is 5.82. The van der Waals surface area contributed by atoms with Gasteiger partial charge in [0.15, 0.2) is 29.3 Å². The first-order valence-electron chi connectivity index (χ1n) is 6.69. The highest BCUT2D eigenvalue weighted by Gasteiger charge is 2.15. The first-order chi connectivity index (χ1) is 11.2. The molecule has 0 amide bonds. The Labute approximate surface area is 133 Å². The fourth-order valence-electron chi connectivity index (χ4n) is 2.02. The van der Waals surface area contributed by atoms with Crippen molar-refractivity contribution in [2.75, 3.05) is 21.3 Å². The molecule has 23 heavy (non-hydrogen) atoms. The molecule has 0 aliphatic carbocycles. The van der Waals surface area contributed by atoms with Gasteiger partial charge in [0.25, 0.3) is 0 Å². The molecule has 0 N–H and O–H groups in total. The average molecular weight is 316 g/mol. The molecule has 120 valence electrons. The normalized spacial score (nSPS) is 9.87. The Morgan fingerprint density at radius 2 is 1.35 bits per heavy atom. The van der Waals surface area contributed by atoms with Crippen LogP contribution >= 0.6 is 0 Å². The minimum absolute atomic E-state index is 0.263. The molecule has 0 saturated carbocycles. The number of hydrogen-bond acceptors (Lipinski definition) is 6. The number of aldehydes is 2. The molecule has 2 rings (SSSR count). The van der Waals surface area contributed by atoms with Gasteiger partial charge >= 0.3 is 0 Å². The van der Waals surface area contributed by atoms with Crippen LogP contribution in [-0.2, 0) is 0 Å². The van der Waals surface area contributed by atoms with Crippen LogP contribution in [0.4, 0.5) is 0 Å². The third-order valence-corrected chi connectivity index (χ3v) is 3.19. The summed E-state index contributed by atoms with van der Waals surface area (Å²) in [6, 6.07) is 7.79. The standard InChI is InChI=1S/C17H16O6/c1-20-13-5-4-11(9-18)6-17(13)23-14-8-16(22-3)15(21-2)7-12(14)10-19/h4-10H,1-3H3. The molecule has 0 radical (unpaired) electrons. The summed E-state index contributed by atoms with van der Waals surface area (Å²) >= 11 is 0. The molecule has 6 nitrogen and oxygen atoms in total. The van der Waals surface area contributed by atoms with Gasteiger partial charge < -0.3 is 18.9 Å². The Kier molecular flexibility index (Phi) is 5.19. The molecular weight excluding hydrogens is 300 g/mol. The van der Waals surface area contributed by atoms with Crippen molar-refractivity contribution in [3.8, 4) is 28.7 Å². The van der Waals surface area contributed by atoms with Crippen LogP contribution in [0.5, 0.6) is 28.7 Å². The van der Waals surface area contributed by atoms with E-state index >= 15 is 0 Å². The van der Waals surface area contributed by atoms with Crippen molar-refractivity contribution in [3.05, 3.63) is 41.5 Å². The zero-order valence-corrected chi connectivity index (χ0v) is 13.0. The maximum Gasteiger partial charge on any atom is 0.170 e. The Hall–Kier alpha value is -3.02. The number of rotatable bonds is 7. The average Bonchev–Trinajstić information content (AvgIpc) is 2.61. The van der Waals surface area contributed by atoms with Crippen LogP contribution in [0.1, 0.15) is 20.7 Å². The molecule has 0 unspecified atom stereocenters. The Morgan fingerprint density at radius 1 is 0.696 bits per heavy atom. The number of carbonyl (C=O) groups is 2. The SMILES string of the molecule is COc1cc(C=O)c(Oc2cc(C=O)ccc2OC)cc1OC. The number of methoxy groups -OCH3 is 3. The highest BCUT2D eigenvalue weighted by atomic mass is 16.5. The molecule has 0 spiro atoms. The number of ether oxygens (including phenoxy) is 4. The molecule has 2 aromatic rings. The molecule has 0 aliphatic rings. The number of hydrogen-bond donors (Lipinski definition) is 0. The van der Waals surface area contributed by atoms with Gasteiger partial charge in [-0.25, -0.2) is 0 Å². The minimum Gasteiger partial charge on any atom is -0.493 e. The third kappa shape index (κ3) is 3.42. The van der Waals surface area contributed by atoms with Gasteiger partial charge in [0.2, 0.25) is 0 Å². The molecule has 0 atom stereocenters. The number of carbonyl (C=O) groups excluding carboxylic acids is 2. The second-order valence-corrected chi connectivity index (χ2v) is 4.49. The maximum absolute atomic E-state index is 11.3. The lowest BCUT2D eigenvalue weighted by atomic mass is 10.2. The van der Waals surface area contributed by atoms with Crippen LogP contribution in [-0.4, -0.2) is 33.9 Å². The van der Waals surface area contributed by atoms with Crippen molar-refractivity contribution in [2.45, 2.75) is 0 Å². The van der Waals surface area contributed by atoms with Crippen molar-refractivity contribution in [1.29, 1.82) is 0 Å². The monoisotopic (exact) mass is 316 g/mol. The summed E-state index contributed by atoms with van der Waals surface area (Å²) in [5.41, 5.74) is 0.704. The van der Waals surface area contributed by atoms with Crippen molar-refractivity contribution < 1.29 is 28.5 Å². The molecule has 0 aromatic heterocycles. The van der Waals surface area contributed by atoms with Gasteiger partial charge in [-0.1, -0.05) is 0 Å². The lowest BCUT2D eigenvalue weighted by Gasteiger charge is -2.15. The summed E-state index contributed by atoms with van der Waals surface area (Å²) < 4.78 is 21.3. The zero-order chi connectivity index (χ0) is 16.8. The summed E-state index contributed by atoms with van der Waals surface area (Å²) in [5, 5.41) is 0. The van der Waals surface area contributed by atoms with E-state index in [0.717, 1.165) is 0 Å². The van der Waals surface area contributed by atoms with Gasteiger partial charge in [0.1, 0.15) is 12.0 Å². The molecular formula is C17H16O6. The molecule has 0 bridgehead atoms. The van der Waals surface area contributed by atoms with Crippen molar-refractivity contribution in [3.63, 3.8) is 0 Å². The fraction of sp³-hybridized carbons (Fsp3) is 0.176. The smallest absolute Gasteiger partial charge is 0.170 e. The summed E-state index contributed by atoms with van der Waals surface area (Å²) in [6.45, 7) is 0. The Bertz CT molecular complexity index is 723. The van der Waals surface area contributed by atoms with E-state index in [1.54, 1.807) is 12.1 Å². The van der Waals surface area contributed by atoms with Gasteiger partial charge in [-0.05, 0) is 24.3 Å². The lowest BCUT2D eigenvalue weighted by Crippen LogP contribution is -1.98. The number of benzene rings is 2. The van der Waals surface area contributed by atoms with Crippen LogP contribution in [0.3, 0.4) is 0 Å². The van der Waals surface area contributed by atoms with E-state index in [2.05, 4.69) is 0 Å². The predicted molar refractivity (Wildman–Crippen MR) is 83.4 cm³/mol. The highest BCUT2D eigenvalue weighted by Crippen LogP contribution is 2.38. The summed E-state index contributed by atoms with van der Waals surface area (Å²) in [6.07, 6.45) is 1.34. The second kappa shape index (κ2) is 7.31. The lowest BCUT2D eigenvalue weighted by molar-refractivity contribution is 0.111. The van der Waals surface area contributed by atoms with Crippen LogP contribution in [0.2, 0.25) is 0 Å². The van der Waals surface area contributed by atoms with Crippen molar-refractivity contribution in [1.82, 2.24) is 0 Å². The van der Waals surface area contributed by atoms with Gasteiger partial charge in [-0.15, -0.1) is 0 Å². The topological polar surface area (TPSA) is 71.1 Å². The van der Waals surface area contributed by atoms with Crippen LogP contribution in [0.15, 0.2) is 30.3 Å². The van der Waals surface area contributed by atoms with Crippen LogP contribution in [0.25, 0.3) is 0 Å². The van der Waals surface area contributed by atoms with E-state index in [0.29, 0.717) is 41.1 Å². The van der Waals surface area contributed by atoms with E-state index in [9.17, 15) is 9.59 Å². The van der Waals surface area contributed by atoms with E-state index in [4.69, 9.17) is 18.9 Å². The van der Waals surface area contributed by atoms with Gasteiger partial charge in [-0.2, -0.15) is 0 Å². The van der Waals surface area contributed by atoms with E-state index in [1.165, 1.54) is 39.5 Å². The van der Waals surface area contributed by atoms with Crippen LogP contribution in [0, 0.1) is 0 Å². The molecule has 0 aliphatic heterocycles. The zero-order valence-electron chi connectivity index (χ0n) is 13.0. The maximum atomic E-state index is 11.3. The molecule has 6 heteroatoms. The van der Waals surface area contributed by atoms with E-state index in [1.807, 2.05) is 0 Å². The van der Waals surface area contributed by atoms with E-state index < -0.39 is 0 Å². The fourth-order valence-corrected chi connectivity index (χ4v) is 2.02. The van der Waals surface area contributed by atoms with Gasteiger partial charge in [-0.3, -0.25) is 9.59 Å². The van der Waals surface area contributed by atoms with E-state index in [-0.39, 0.29) is 11.3 Å². The second-order valence-electron chi connectivity index (χ2n) is 4.49. The molecule has 0 heterocycles. The summed E-state index contributed by atoms with van der Waals surface area (Å²) in [4.78, 5) is 22.2. The summed E-state index contributed by atoms with van der Waals surface area (Å²) in [5.74, 6) is 1.84. The predicted octanol–water partition coefficient (Wildman–Crippen LogP) is 3.13. The van der Waals surface area contributed by atoms with Crippen molar-refractivity contribution in [2.24, 2.45) is 0 Å². The largest absolute Gasteiger partial charge is 0.493 e. The Morgan fingerprint density at radius 3 is 1.91 bits per heavy atom. The minimum atomic E-state index is 0.263.